The van der Waals surface area contributed by atoms with Crippen LogP contribution in [0.1, 0.15) is 0 Å². The lowest BCUT2D eigenvalue weighted by Gasteiger charge is -1.90. The minimum absolute atomic E-state index is 0.463. The lowest BCUT2D eigenvalue weighted by molar-refractivity contribution is 1.05. The molecular formula is C8H10N6. The van der Waals surface area contributed by atoms with Crippen LogP contribution >= 0.6 is 0 Å². The first kappa shape index (κ1) is 9.85. The second-order valence-corrected chi connectivity index (χ2v) is 2.28. The Morgan fingerprint density at radius 1 is 0.786 bits per heavy atom. The van der Waals surface area contributed by atoms with Crippen molar-refractivity contribution in [1.29, 1.82) is 0 Å². The lowest BCUT2D eigenvalue weighted by atomic mass is 10.4. The van der Waals surface area contributed by atoms with E-state index in [1.54, 1.807) is 18.2 Å². The van der Waals surface area contributed by atoms with Gasteiger partial charge in [-0.15, -0.1) is 0 Å². The number of pyridine rings is 1. The van der Waals surface area contributed by atoms with Crippen molar-refractivity contribution in [3.63, 3.8) is 0 Å². The molecule has 2 aromatic heterocycles. The van der Waals surface area contributed by atoms with E-state index < -0.39 is 0 Å². The summed E-state index contributed by atoms with van der Waals surface area (Å²) >= 11 is 0. The number of nitrogens with zero attached hydrogens (tertiary/aromatic N) is 4. The van der Waals surface area contributed by atoms with E-state index in [0.29, 0.717) is 11.6 Å². The molecule has 0 saturated heterocycles. The van der Waals surface area contributed by atoms with Gasteiger partial charge in [-0.25, -0.2) is 19.9 Å². The number of nitrogen functional groups attached to an aromatic ring is 2. The molecule has 2 rings (SSSR count). The monoisotopic (exact) mass is 190 g/mol. The van der Waals surface area contributed by atoms with Gasteiger partial charge >= 0.3 is 0 Å². The van der Waals surface area contributed by atoms with E-state index in [9.17, 15) is 0 Å². The third-order valence-electron chi connectivity index (χ3n) is 1.19. The normalized spacial score (nSPS) is 8.57. The molecule has 6 heteroatoms. The highest BCUT2D eigenvalue weighted by Gasteiger charge is 1.83. The van der Waals surface area contributed by atoms with Crippen LogP contribution in [0.3, 0.4) is 0 Å². The number of aromatic nitrogens is 4. The summed E-state index contributed by atoms with van der Waals surface area (Å²) in [5.74, 6) is 0.926. The minimum Gasteiger partial charge on any atom is -0.384 e. The molecule has 72 valence electrons. The molecule has 0 aliphatic rings. The molecule has 0 bridgehead atoms. The van der Waals surface area contributed by atoms with E-state index in [-0.39, 0.29) is 0 Å². The van der Waals surface area contributed by atoms with E-state index >= 15 is 0 Å². The first-order valence-electron chi connectivity index (χ1n) is 3.82. The Hall–Kier alpha value is -2.24. The molecule has 0 saturated carbocycles. The molecule has 0 unspecified atom stereocenters. The van der Waals surface area contributed by atoms with Gasteiger partial charge in [0.05, 0.1) is 0 Å². The van der Waals surface area contributed by atoms with E-state index in [0.717, 1.165) is 0 Å². The molecule has 0 aliphatic carbocycles. The van der Waals surface area contributed by atoms with Crippen LogP contribution in [0.5, 0.6) is 0 Å². The summed E-state index contributed by atoms with van der Waals surface area (Å²) in [4.78, 5) is 14.4. The summed E-state index contributed by atoms with van der Waals surface area (Å²) in [6, 6.07) is 5.14. The first-order chi connectivity index (χ1) is 6.79. The predicted molar refractivity (Wildman–Crippen MR) is 52.9 cm³/mol. The van der Waals surface area contributed by atoms with E-state index in [4.69, 9.17) is 11.5 Å². The average molecular weight is 190 g/mol. The Bertz CT molecular complexity index is 319. The molecule has 0 aromatic carbocycles. The smallest absolute Gasteiger partial charge is 0.125 e. The topological polar surface area (TPSA) is 104 Å². The summed E-state index contributed by atoms with van der Waals surface area (Å²) in [5.41, 5.74) is 10.5. The molecule has 2 heterocycles. The Morgan fingerprint density at radius 3 is 1.43 bits per heavy atom. The van der Waals surface area contributed by atoms with Crippen molar-refractivity contribution < 1.29 is 0 Å². The highest BCUT2D eigenvalue weighted by atomic mass is 14.9. The fourth-order valence-electron chi connectivity index (χ4n) is 0.674. The van der Waals surface area contributed by atoms with Crippen molar-refractivity contribution in [3.05, 3.63) is 37.2 Å². The second-order valence-electron chi connectivity index (χ2n) is 2.28. The van der Waals surface area contributed by atoms with Crippen LogP contribution in [-0.4, -0.2) is 19.9 Å². The largest absolute Gasteiger partial charge is 0.384 e. The molecule has 0 amide bonds. The predicted octanol–water partition coefficient (Wildman–Crippen LogP) is 0.118. The maximum Gasteiger partial charge on any atom is 0.125 e. The van der Waals surface area contributed by atoms with Crippen LogP contribution in [0.15, 0.2) is 37.2 Å². The molecule has 0 fully saturated rings. The Labute approximate surface area is 81.1 Å². The third kappa shape index (κ3) is 3.96. The average Bonchev–Trinajstić information content (AvgIpc) is 2.21. The molecule has 0 atom stereocenters. The molecular weight excluding hydrogens is 180 g/mol. The number of anilines is 2. The van der Waals surface area contributed by atoms with Gasteiger partial charge in [0.1, 0.15) is 30.6 Å². The Balaban J connectivity index is 0.000000146. The van der Waals surface area contributed by atoms with Crippen molar-refractivity contribution in [1.82, 2.24) is 19.9 Å². The number of hydrogen-bond acceptors (Lipinski definition) is 6. The maximum absolute atomic E-state index is 5.27. The van der Waals surface area contributed by atoms with Crippen LogP contribution in [0, 0.1) is 0 Å². The van der Waals surface area contributed by atoms with Crippen molar-refractivity contribution in [3.8, 4) is 0 Å². The summed E-state index contributed by atoms with van der Waals surface area (Å²) in [6.45, 7) is 0. The van der Waals surface area contributed by atoms with Crippen molar-refractivity contribution in [2.24, 2.45) is 0 Å². The molecule has 6 nitrogen and oxygen atoms in total. The van der Waals surface area contributed by atoms with Crippen LogP contribution in [-0.2, 0) is 0 Å². The van der Waals surface area contributed by atoms with Gasteiger partial charge < -0.3 is 11.5 Å². The molecule has 4 N–H and O–H groups in total. The highest BCUT2D eigenvalue weighted by Crippen LogP contribution is 1.99. The van der Waals surface area contributed by atoms with Crippen molar-refractivity contribution in [2.75, 3.05) is 11.5 Å². The first-order valence-corrected chi connectivity index (χ1v) is 3.82. The Kier molecular flexibility index (Phi) is 3.81. The maximum atomic E-state index is 5.27. The van der Waals surface area contributed by atoms with E-state index in [1.807, 2.05) is 0 Å². The van der Waals surface area contributed by atoms with Crippen LogP contribution < -0.4 is 11.5 Å². The third-order valence-corrected chi connectivity index (χ3v) is 1.19. The number of hydrogen-bond donors (Lipinski definition) is 2. The zero-order valence-corrected chi connectivity index (χ0v) is 7.41. The van der Waals surface area contributed by atoms with Gasteiger partial charge in [0, 0.05) is 0 Å². The van der Waals surface area contributed by atoms with Crippen LogP contribution in [0.25, 0.3) is 0 Å². The summed E-state index contributed by atoms with van der Waals surface area (Å²) < 4.78 is 0. The molecule has 0 aliphatic heterocycles. The van der Waals surface area contributed by atoms with Crippen molar-refractivity contribution >= 4 is 11.6 Å². The zero-order chi connectivity index (χ0) is 10.2. The van der Waals surface area contributed by atoms with Gasteiger partial charge in [0.25, 0.3) is 0 Å². The van der Waals surface area contributed by atoms with E-state index in [2.05, 4.69) is 19.9 Å². The quantitative estimate of drug-likeness (QED) is 0.611. The second kappa shape index (κ2) is 5.41. The molecule has 14 heavy (non-hydrogen) atoms. The fraction of sp³-hybridized carbons (Fsp3) is 0. The van der Waals surface area contributed by atoms with Crippen LogP contribution in [0.4, 0.5) is 11.6 Å². The number of nitrogens with two attached hydrogens (primary N) is 2. The summed E-state index contributed by atoms with van der Waals surface area (Å²) in [7, 11) is 0. The fourth-order valence-corrected chi connectivity index (χ4v) is 0.674. The van der Waals surface area contributed by atoms with Crippen molar-refractivity contribution in [2.45, 2.75) is 0 Å². The minimum atomic E-state index is 0.463. The van der Waals surface area contributed by atoms with Gasteiger partial charge in [-0.1, -0.05) is 6.07 Å². The SMILES string of the molecule is Nc1cccc(N)n1.c1ncncn1. The molecule has 0 spiro atoms. The van der Waals surface area contributed by atoms with Gasteiger partial charge in [-0.2, -0.15) is 0 Å². The standard InChI is InChI=1S/C5H7N3.C3H3N3/c6-4-2-1-3-5(7)8-4;1-4-2-6-3-5-1/h1-3H,(H4,6,7,8);1-3H. The van der Waals surface area contributed by atoms with Gasteiger partial charge in [0.15, 0.2) is 0 Å². The highest BCUT2D eigenvalue weighted by molar-refractivity contribution is 5.37. The molecule has 0 radical (unpaired) electrons. The van der Waals surface area contributed by atoms with Gasteiger partial charge in [-0.3, -0.25) is 0 Å². The van der Waals surface area contributed by atoms with Gasteiger partial charge in [-0.05, 0) is 12.1 Å². The number of rotatable bonds is 0. The lowest BCUT2D eigenvalue weighted by Crippen LogP contribution is -1.93. The van der Waals surface area contributed by atoms with Gasteiger partial charge in [0.2, 0.25) is 0 Å². The summed E-state index contributed by atoms with van der Waals surface area (Å²) in [6.07, 6.45) is 4.31. The Morgan fingerprint density at radius 2 is 1.21 bits per heavy atom. The summed E-state index contributed by atoms with van der Waals surface area (Å²) in [5, 5.41) is 0. The molecule has 2 aromatic rings. The van der Waals surface area contributed by atoms with E-state index in [1.165, 1.54) is 19.0 Å². The van der Waals surface area contributed by atoms with Crippen LogP contribution in [0.2, 0.25) is 0 Å². The zero-order valence-electron chi connectivity index (χ0n) is 7.41.